The first kappa shape index (κ1) is 13.1. The van der Waals surface area contributed by atoms with Gasteiger partial charge in [-0.1, -0.05) is 30.3 Å². The van der Waals surface area contributed by atoms with E-state index < -0.39 is 11.6 Å². The van der Waals surface area contributed by atoms with Gasteiger partial charge in [-0.3, -0.25) is 5.10 Å². The van der Waals surface area contributed by atoms with Gasteiger partial charge in [-0.15, -0.1) is 0 Å². The van der Waals surface area contributed by atoms with E-state index >= 15 is 0 Å². The number of benzene rings is 1. The lowest BCUT2D eigenvalue weighted by Gasteiger charge is -2.28. The maximum absolute atomic E-state index is 13.4. The molecular weight excluding hydrogens is 269 g/mol. The Morgan fingerprint density at radius 1 is 1.15 bits per heavy atom. The predicted molar refractivity (Wildman–Crippen MR) is 67.0 cm³/mol. The number of nitrogens with one attached hydrogen (secondary N) is 2. The van der Waals surface area contributed by atoms with Crippen LogP contribution < -0.4 is 5.32 Å². The Labute approximate surface area is 113 Å². The average Bonchev–Trinajstić information content (AvgIpc) is 3.09. The molecule has 3 rings (SSSR count). The molecule has 0 saturated carbocycles. The molecule has 1 unspecified atom stereocenters. The maximum Gasteiger partial charge on any atom is 0.402 e. The minimum Gasteiger partial charge on any atom is -0.315 e. The molecule has 1 aliphatic rings. The van der Waals surface area contributed by atoms with Gasteiger partial charge >= 0.3 is 6.18 Å². The van der Waals surface area contributed by atoms with Gasteiger partial charge < -0.3 is 5.32 Å². The maximum atomic E-state index is 13.4. The molecule has 20 heavy (non-hydrogen) atoms. The van der Waals surface area contributed by atoms with Crippen LogP contribution in [-0.4, -0.2) is 34.4 Å². The van der Waals surface area contributed by atoms with Gasteiger partial charge in [0, 0.05) is 12.1 Å². The third kappa shape index (κ3) is 1.98. The van der Waals surface area contributed by atoms with E-state index in [1.165, 1.54) is 0 Å². The normalized spacial score (nSPS) is 23.1. The Kier molecular flexibility index (Phi) is 3.01. The predicted octanol–water partition coefficient (Wildman–Crippen LogP) is 2.27. The molecule has 0 amide bonds. The molecule has 0 bridgehead atoms. The van der Waals surface area contributed by atoms with Gasteiger partial charge in [0.25, 0.3) is 0 Å². The second-order valence-electron chi connectivity index (χ2n) is 4.88. The average molecular weight is 282 g/mol. The van der Waals surface area contributed by atoms with Crippen molar-refractivity contribution in [3.63, 3.8) is 0 Å². The number of hydrogen-bond acceptors (Lipinski definition) is 3. The number of H-pyrrole nitrogens is 1. The lowest BCUT2D eigenvalue weighted by molar-refractivity contribution is -0.187. The minimum absolute atomic E-state index is 0.0279. The number of hydrogen-bond donors (Lipinski definition) is 2. The third-order valence-electron chi connectivity index (χ3n) is 3.67. The van der Waals surface area contributed by atoms with Crippen LogP contribution in [0.3, 0.4) is 0 Å². The number of rotatable bonds is 2. The molecule has 2 N–H and O–H groups in total. The van der Waals surface area contributed by atoms with Crippen LogP contribution in [0.2, 0.25) is 0 Å². The summed E-state index contributed by atoms with van der Waals surface area (Å²) in [5, 5.41) is 9.16. The summed E-state index contributed by atoms with van der Waals surface area (Å²) in [7, 11) is 0. The van der Waals surface area contributed by atoms with Crippen molar-refractivity contribution in [1.29, 1.82) is 0 Å². The van der Waals surface area contributed by atoms with Crippen LogP contribution in [0.25, 0.3) is 11.4 Å². The summed E-state index contributed by atoms with van der Waals surface area (Å²) in [6, 6.07) is 8.94. The minimum atomic E-state index is -4.36. The fourth-order valence-corrected chi connectivity index (χ4v) is 2.46. The van der Waals surface area contributed by atoms with Crippen molar-refractivity contribution < 1.29 is 13.2 Å². The molecule has 1 atom stereocenters. The Balaban J connectivity index is 2.01. The highest BCUT2D eigenvalue weighted by Crippen LogP contribution is 2.44. The van der Waals surface area contributed by atoms with Crippen LogP contribution in [0.15, 0.2) is 30.3 Å². The van der Waals surface area contributed by atoms with Crippen molar-refractivity contribution in [2.24, 2.45) is 0 Å². The highest BCUT2D eigenvalue weighted by atomic mass is 19.4. The summed E-state index contributed by atoms with van der Waals surface area (Å²) in [5.41, 5.74) is -1.27. The van der Waals surface area contributed by atoms with E-state index in [2.05, 4.69) is 20.5 Å². The van der Waals surface area contributed by atoms with E-state index in [1.807, 2.05) is 6.07 Å². The lowest BCUT2D eigenvalue weighted by atomic mass is 9.85. The SMILES string of the molecule is FC(F)(F)C1(c2nc(-c3ccccc3)n[nH]2)CCNC1. The van der Waals surface area contributed by atoms with Crippen LogP contribution in [0, 0.1) is 0 Å². The zero-order chi connectivity index (χ0) is 14.2. The van der Waals surface area contributed by atoms with Gasteiger partial charge in [0.05, 0.1) is 0 Å². The smallest absolute Gasteiger partial charge is 0.315 e. The van der Waals surface area contributed by atoms with Gasteiger partial charge in [-0.05, 0) is 13.0 Å². The lowest BCUT2D eigenvalue weighted by Crippen LogP contribution is -2.45. The van der Waals surface area contributed by atoms with Gasteiger partial charge in [0.1, 0.15) is 11.2 Å². The summed E-state index contributed by atoms with van der Waals surface area (Å²) in [6.45, 7) is 0.154. The van der Waals surface area contributed by atoms with E-state index in [0.717, 1.165) is 0 Å². The second-order valence-corrected chi connectivity index (χ2v) is 4.88. The number of aromatic amines is 1. The molecule has 0 spiro atoms. The van der Waals surface area contributed by atoms with Gasteiger partial charge in [0.2, 0.25) is 0 Å². The van der Waals surface area contributed by atoms with Crippen molar-refractivity contribution in [3.8, 4) is 11.4 Å². The molecule has 1 aromatic carbocycles. The fraction of sp³-hybridized carbons (Fsp3) is 0.385. The third-order valence-corrected chi connectivity index (χ3v) is 3.67. The van der Waals surface area contributed by atoms with E-state index in [1.54, 1.807) is 24.3 Å². The molecule has 1 aliphatic heterocycles. The Morgan fingerprint density at radius 3 is 2.50 bits per heavy atom. The molecule has 7 heteroatoms. The van der Waals surface area contributed by atoms with Crippen molar-refractivity contribution >= 4 is 0 Å². The first-order valence-corrected chi connectivity index (χ1v) is 6.29. The summed E-state index contributed by atoms with van der Waals surface area (Å²) in [6.07, 6.45) is -4.39. The summed E-state index contributed by atoms with van der Waals surface area (Å²) >= 11 is 0. The van der Waals surface area contributed by atoms with Gasteiger partial charge in [-0.2, -0.15) is 18.3 Å². The Hall–Kier alpha value is -1.89. The van der Waals surface area contributed by atoms with E-state index in [4.69, 9.17) is 0 Å². The van der Waals surface area contributed by atoms with Crippen LogP contribution >= 0.6 is 0 Å². The highest BCUT2D eigenvalue weighted by Gasteiger charge is 2.59. The largest absolute Gasteiger partial charge is 0.402 e. The topological polar surface area (TPSA) is 53.6 Å². The van der Waals surface area contributed by atoms with Crippen molar-refractivity contribution in [3.05, 3.63) is 36.2 Å². The van der Waals surface area contributed by atoms with Crippen molar-refractivity contribution in [1.82, 2.24) is 20.5 Å². The molecule has 106 valence electrons. The van der Waals surface area contributed by atoms with Gasteiger partial charge in [-0.25, -0.2) is 4.98 Å². The quantitative estimate of drug-likeness (QED) is 0.888. The summed E-state index contributed by atoms with van der Waals surface area (Å²) in [4.78, 5) is 4.07. The fourth-order valence-electron chi connectivity index (χ4n) is 2.46. The first-order chi connectivity index (χ1) is 9.53. The molecule has 0 aliphatic carbocycles. The first-order valence-electron chi connectivity index (χ1n) is 6.29. The van der Waals surface area contributed by atoms with Crippen molar-refractivity contribution in [2.75, 3.05) is 13.1 Å². The number of halogens is 3. The van der Waals surface area contributed by atoms with E-state index in [9.17, 15) is 13.2 Å². The molecule has 1 saturated heterocycles. The van der Waals surface area contributed by atoms with Crippen LogP contribution in [-0.2, 0) is 5.41 Å². The summed E-state index contributed by atoms with van der Waals surface area (Å²) in [5.74, 6) is 0.171. The molecule has 1 aromatic heterocycles. The zero-order valence-electron chi connectivity index (χ0n) is 10.5. The second kappa shape index (κ2) is 4.59. The highest BCUT2D eigenvalue weighted by molar-refractivity contribution is 5.54. The number of nitrogens with zero attached hydrogens (tertiary/aromatic N) is 2. The zero-order valence-corrected chi connectivity index (χ0v) is 10.5. The molecule has 2 heterocycles. The Bertz CT molecular complexity index is 585. The molecule has 2 aromatic rings. The summed E-state index contributed by atoms with van der Waals surface area (Å²) < 4.78 is 40.2. The Morgan fingerprint density at radius 2 is 1.90 bits per heavy atom. The number of aromatic nitrogens is 3. The molecular formula is C13H13F3N4. The monoisotopic (exact) mass is 282 g/mol. The van der Waals surface area contributed by atoms with E-state index in [0.29, 0.717) is 12.1 Å². The van der Waals surface area contributed by atoms with Crippen LogP contribution in [0.5, 0.6) is 0 Å². The van der Waals surface area contributed by atoms with E-state index in [-0.39, 0.29) is 24.6 Å². The molecule has 4 nitrogen and oxygen atoms in total. The van der Waals surface area contributed by atoms with Crippen LogP contribution in [0.4, 0.5) is 13.2 Å². The number of alkyl halides is 3. The van der Waals surface area contributed by atoms with Crippen molar-refractivity contribution in [2.45, 2.75) is 18.0 Å². The molecule has 1 fully saturated rings. The standard InChI is InChI=1S/C13H13F3N4/c14-13(15,16)12(6-7-17-8-12)11-18-10(19-20-11)9-4-2-1-3-5-9/h1-5,17H,6-8H2,(H,18,19,20). The molecule has 0 radical (unpaired) electrons. The van der Waals surface area contributed by atoms with Gasteiger partial charge in [0.15, 0.2) is 5.82 Å². The van der Waals surface area contributed by atoms with Crippen LogP contribution in [0.1, 0.15) is 12.2 Å².